The number of hydrogen-bond donors (Lipinski definition) is 0. The Kier molecular flexibility index (Phi) is 5.68. The van der Waals surface area contributed by atoms with Crippen molar-refractivity contribution in [2.24, 2.45) is 0 Å². The van der Waals surface area contributed by atoms with Crippen LogP contribution in [0.4, 0.5) is 0 Å². The minimum absolute atomic E-state index is 0.218. The number of aromatic nitrogens is 3. The number of nitrogens with zero attached hydrogens (tertiary/aromatic N) is 4. The van der Waals surface area contributed by atoms with E-state index in [0.29, 0.717) is 6.42 Å². The molecule has 2 aromatic rings. The second-order valence-electron chi connectivity index (χ2n) is 6.51. The van der Waals surface area contributed by atoms with E-state index in [1.165, 1.54) is 0 Å². The van der Waals surface area contributed by atoms with Crippen molar-refractivity contribution in [1.29, 1.82) is 0 Å². The Hall–Kier alpha value is -2.37. The summed E-state index contributed by atoms with van der Waals surface area (Å²) in [7, 11) is 1.66. The molecule has 1 unspecified atom stereocenters. The number of carbonyl (C=O) groups excluding carboxylic acids is 1. The Morgan fingerprint density at radius 3 is 3.08 bits per heavy atom. The Morgan fingerprint density at radius 1 is 1.40 bits per heavy atom. The maximum Gasteiger partial charge on any atom is 0.222 e. The number of hydrogen-bond acceptors (Lipinski definition) is 4. The zero-order valence-electron chi connectivity index (χ0n) is 15.0. The third-order valence-corrected chi connectivity index (χ3v) is 4.89. The summed E-state index contributed by atoms with van der Waals surface area (Å²) in [6, 6.07) is 7.92. The molecule has 1 aromatic heterocycles. The summed E-state index contributed by atoms with van der Waals surface area (Å²) in [5, 5.41) is 8.31. The first-order valence-corrected chi connectivity index (χ1v) is 8.99. The van der Waals surface area contributed by atoms with Gasteiger partial charge in [0, 0.05) is 32.0 Å². The molecule has 0 N–H and O–H groups in total. The average Bonchev–Trinajstić information content (AvgIpc) is 3.15. The third-order valence-electron chi connectivity index (χ3n) is 4.89. The first-order chi connectivity index (χ1) is 12.2. The highest BCUT2D eigenvalue weighted by molar-refractivity contribution is 5.76. The summed E-state index contributed by atoms with van der Waals surface area (Å²) in [6.07, 6.45) is 5.13. The molecule has 0 spiro atoms. The monoisotopic (exact) mass is 342 g/mol. The molecule has 1 saturated heterocycles. The molecule has 1 aliphatic heterocycles. The fourth-order valence-electron chi connectivity index (χ4n) is 3.48. The number of likely N-dealkylation sites (tertiary alicyclic amines) is 1. The van der Waals surface area contributed by atoms with Crippen molar-refractivity contribution in [3.05, 3.63) is 42.0 Å². The zero-order valence-corrected chi connectivity index (χ0v) is 15.0. The Bertz CT molecular complexity index is 713. The van der Waals surface area contributed by atoms with Gasteiger partial charge in [0.15, 0.2) is 0 Å². The SMILES string of the molecule is CCn1cnnc1C1CCCN(C(=O)CCc2cccc(OC)c2)C1. The van der Waals surface area contributed by atoms with Gasteiger partial charge in [-0.1, -0.05) is 12.1 Å². The number of rotatable bonds is 6. The summed E-state index contributed by atoms with van der Waals surface area (Å²) >= 11 is 0. The van der Waals surface area contributed by atoms with Crippen LogP contribution in [0.5, 0.6) is 5.75 Å². The number of benzene rings is 1. The van der Waals surface area contributed by atoms with Crippen LogP contribution in [0, 0.1) is 0 Å². The van der Waals surface area contributed by atoms with Crippen molar-refractivity contribution in [3.8, 4) is 5.75 Å². The van der Waals surface area contributed by atoms with E-state index < -0.39 is 0 Å². The number of piperidine rings is 1. The molecule has 6 nitrogen and oxygen atoms in total. The summed E-state index contributed by atoms with van der Waals surface area (Å²) in [5.74, 6) is 2.35. The van der Waals surface area contributed by atoms with Gasteiger partial charge in [-0.2, -0.15) is 0 Å². The van der Waals surface area contributed by atoms with Gasteiger partial charge in [0.1, 0.15) is 17.9 Å². The van der Waals surface area contributed by atoms with E-state index in [1.807, 2.05) is 29.2 Å². The molecule has 0 radical (unpaired) electrons. The number of amides is 1. The van der Waals surface area contributed by atoms with Gasteiger partial charge in [-0.25, -0.2) is 0 Å². The molecule has 25 heavy (non-hydrogen) atoms. The molecule has 1 atom stereocenters. The maximum absolute atomic E-state index is 12.6. The van der Waals surface area contributed by atoms with Gasteiger partial charge in [0.2, 0.25) is 5.91 Å². The summed E-state index contributed by atoms with van der Waals surface area (Å²) in [4.78, 5) is 14.6. The van der Waals surface area contributed by atoms with Gasteiger partial charge in [-0.3, -0.25) is 4.79 Å². The van der Waals surface area contributed by atoms with Crippen LogP contribution < -0.4 is 4.74 Å². The molecule has 6 heteroatoms. The minimum atomic E-state index is 0.218. The second kappa shape index (κ2) is 8.14. The molecule has 3 rings (SSSR count). The van der Waals surface area contributed by atoms with Gasteiger partial charge in [-0.15, -0.1) is 10.2 Å². The third kappa shape index (κ3) is 4.18. The molecule has 0 bridgehead atoms. The summed E-state index contributed by atoms with van der Waals surface area (Å²) in [5.41, 5.74) is 1.13. The quantitative estimate of drug-likeness (QED) is 0.810. The van der Waals surface area contributed by atoms with Crippen LogP contribution in [0.25, 0.3) is 0 Å². The smallest absolute Gasteiger partial charge is 0.222 e. The molecular formula is C19H26N4O2. The van der Waals surface area contributed by atoms with Gasteiger partial charge in [0.25, 0.3) is 0 Å². The van der Waals surface area contributed by atoms with E-state index in [-0.39, 0.29) is 11.8 Å². The van der Waals surface area contributed by atoms with Gasteiger partial charge in [-0.05, 0) is 43.9 Å². The Morgan fingerprint density at radius 2 is 2.28 bits per heavy atom. The molecule has 1 amide bonds. The zero-order chi connectivity index (χ0) is 17.6. The summed E-state index contributed by atoms with van der Waals surface area (Å²) in [6.45, 7) is 4.54. The maximum atomic E-state index is 12.6. The molecule has 0 aliphatic carbocycles. The van der Waals surface area contributed by atoms with Crippen LogP contribution in [0.3, 0.4) is 0 Å². The largest absolute Gasteiger partial charge is 0.497 e. The predicted octanol–water partition coefficient (Wildman–Crippen LogP) is 2.65. The molecular weight excluding hydrogens is 316 g/mol. The minimum Gasteiger partial charge on any atom is -0.497 e. The molecule has 2 heterocycles. The van der Waals surface area contributed by atoms with Crippen LogP contribution in [0.15, 0.2) is 30.6 Å². The van der Waals surface area contributed by atoms with Gasteiger partial charge < -0.3 is 14.2 Å². The van der Waals surface area contributed by atoms with E-state index in [0.717, 1.165) is 56.0 Å². The lowest BCUT2D eigenvalue weighted by molar-refractivity contribution is -0.132. The van der Waals surface area contributed by atoms with Crippen molar-refractivity contribution in [1.82, 2.24) is 19.7 Å². The van der Waals surface area contributed by atoms with Crippen LogP contribution >= 0.6 is 0 Å². The fourth-order valence-corrected chi connectivity index (χ4v) is 3.48. The average molecular weight is 342 g/mol. The van der Waals surface area contributed by atoms with Crippen molar-refractivity contribution >= 4 is 5.91 Å². The van der Waals surface area contributed by atoms with Crippen LogP contribution in [0.1, 0.15) is 43.5 Å². The lowest BCUT2D eigenvalue weighted by Gasteiger charge is -2.32. The van der Waals surface area contributed by atoms with Gasteiger partial charge >= 0.3 is 0 Å². The first-order valence-electron chi connectivity index (χ1n) is 8.99. The lowest BCUT2D eigenvalue weighted by Crippen LogP contribution is -2.39. The van der Waals surface area contributed by atoms with Crippen LogP contribution in [0.2, 0.25) is 0 Å². The second-order valence-corrected chi connectivity index (χ2v) is 6.51. The van der Waals surface area contributed by atoms with Crippen LogP contribution in [-0.4, -0.2) is 45.8 Å². The Labute approximate surface area is 148 Å². The van der Waals surface area contributed by atoms with Crippen molar-refractivity contribution in [2.75, 3.05) is 20.2 Å². The van der Waals surface area contributed by atoms with E-state index in [9.17, 15) is 4.79 Å². The highest BCUT2D eigenvalue weighted by Crippen LogP contribution is 2.26. The summed E-state index contributed by atoms with van der Waals surface area (Å²) < 4.78 is 7.32. The topological polar surface area (TPSA) is 60.2 Å². The normalized spacial score (nSPS) is 17.5. The predicted molar refractivity (Wildman–Crippen MR) is 95.6 cm³/mol. The molecule has 1 fully saturated rings. The molecule has 1 aliphatic rings. The van der Waals surface area contributed by atoms with E-state index in [1.54, 1.807) is 13.4 Å². The van der Waals surface area contributed by atoms with Crippen molar-refractivity contribution in [2.45, 2.75) is 45.1 Å². The molecule has 0 saturated carbocycles. The fraction of sp³-hybridized carbons (Fsp3) is 0.526. The van der Waals surface area contributed by atoms with Crippen molar-refractivity contribution in [3.63, 3.8) is 0 Å². The number of ether oxygens (including phenoxy) is 1. The lowest BCUT2D eigenvalue weighted by atomic mass is 9.96. The van der Waals surface area contributed by atoms with E-state index in [4.69, 9.17) is 4.74 Å². The number of methoxy groups -OCH3 is 1. The van der Waals surface area contributed by atoms with Crippen molar-refractivity contribution < 1.29 is 9.53 Å². The highest BCUT2D eigenvalue weighted by Gasteiger charge is 2.27. The van der Waals surface area contributed by atoms with E-state index in [2.05, 4.69) is 21.7 Å². The molecule has 134 valence electrons. The molecule has 1 aromatic carbocycles. The highest BCUT2D eigenvalue weighted by atomic mass is 16.5. The first kappa shape index (κ1) is 17.5. The number of aryl methyl sites for hydroxylation is 2. The van der Waals surface area contributed by atoms with Gasteiger partial charge in [0.05, 0.1) is 7.11 Å². The Balaban J connectivity index is 1.58. The van der Waals surface area contributed by atoms with E-state index >= 15 is 0 Å². The number of carbonyl (C=O) groups is 1. The standard InChI is InChI=1S/C19H26N4O2/c1-3-22-14-20-21-19(22)16-7-5-11-23(13-16)18(24)10-9-15-6-4-8-17(12-15)25-2/h4,6,8,12,14,16H,3,5,7,9-11,13H2,1-2H3. The van der Waals surface area contributed by atoms with Crippen LogP contribution in [-0.2, 0) is 17.8 Å².